The van der Waals surface area contributed by atoms with E-state index in [9.17, 15) is 9.59 Å². The molecule has 6 heteroatoms. The van der Waals surface area contributed by atoms with Crippen molar-refractivity contribution in [3.05, 3.63) is 30.1 Å². The van der Waals surface area contributed by atoms with E-state index in [-0.39, 0.29) is 17.2 Å². The number of nitrogens with one attached hydrogen (secondary N) is 2. The number of fused-ring (bicyclic) bond motifs is 1. The Morgan fingerprint density at radius 2 is 2.00 bits per heavy atom. The maximum absolute atomic E-state index is 13.1. The van der Waals surface area contributed by atoms with Crippen LogP contribution >= 0.6 is 0 Å². The van der Waals surface area contributed by atoms with E-state index in [2.05, 4.69) is 15.3 Å². The van der Waals surface area contributed by atoms with Crippen molar-refractivity contribution in [1.82, 2.24) is 20.2 Å². The van der Waals surface area contributed by atoms with Crippen LogP contribution in [0, 0.1) is 10.8 Å². The summed E-state index contributed by atoms with van der Waals surface area (Å²) in [5, 5.41) is 2.94. The fraction of sp³-hybridized carbons (Fsp3) is 0.550. The topological polar surface area (TPSA) is 78.1 Å². The van der Waals surface area contributed by atoms with Crippen LogP contribution in [0.5, 0.6) is 0 Å². The van der Waals surface area contributed by atoms with Crippen LogP contribution < -0.4 is 5.32 Å². The summed E-state index contributed by atoms with van der Waals surface area (Å²) in [7, 11) is 0. The van der Waals surface area contributed by atoms with Gasteiger partial charge in [-0.05, 0) is 30.4 Å². The summed E-state index contributed by atoms with van der Waals surface area (Å²) >= 11 is 0. The molecule has 6 nitrogen and oxygen atoms in total. The average Bonchev–Trinajstić information content (AvgIpc) is 3.17. The zero-order valence-corrected chi connectivity index (χ0v) is 15.5. The molecule has 4 rings (SSSR count). The molecule has 1 aromatic carbocycles. The van der Waals surface area contributed by atoms with Gasteiger partial charge in [0.1, 0.15) is 5.82 Å². The average molecular weight is 354 g/mol. The highest BCUT2D eigenvalue weighted by Crippen LogP contribution is 2.38. The largest absolute Gasteiger partial charge is 0.356 e. The Hall–Kier alpha value is -2.37. The van der Waals surface area contributed by atoms with Gasteiger partial charge in [-0.15, -0.1) is 0 Å². The summed E-state index contributed by atoms with van der Waals surface area (Å²) in [6.07, 6.45) is 3.00. The molecule has 0 aliphatic carbocycles. The van der Waals surface area contributed by atoms with E-state index in [1.54, 1.807) is 0 Å². The van der Waals surface area contributed by atoms with Crippen molar-refractivity contribution in [1.29, 1.82) is 0 Å². The van der Waals surface area contributed by atoms with Crippen molar-refractivity contribution in [2.45, 2.75) is 39.5 Å². The number of hydrogen-bond acceptors (Lipinski definition) is 3. The van der Waals surface area contributed by atoms with Gasteiger partial charge < -0.3 is 15.2 Å². The van der Waals surface area contributed by atoms with Crippen LogP contribution in [0.3, 0.4) is 0 Å². The molecule has 2 aliphatic heterocycles. The highest BCUT2D eigenvalue weighted by molar-refractivity contribution is 5.83. The number of para-hydroxylation sites is 2. The van der Waals surface area contributed by atoms with Gasteiger partial charge in [0, 0.05) is 32.5 Å². The van der Waals surface area contributed by atoms with Crippen molar-refractivity contribution in [3.8, 4) is 0 Å². The van der Waals surface area contributed by atoms with Gasteiger partial charge in [-0.25, -0.2) is 4.98 Å². The molecule has 26 heavy (non-hydrogen) atoms. The Bertz CT molecular complexity index is 813. The van der Waals surface area contributed by atoms with Crippen molar-refractivity contribution >= 4 is 22.8 Å². The van der Waals surface area contributed by atoms with Crippen LogP contribution in [0.2, 0.25) is 0 Å². The number of aromatic amines is 1. The first-order chi connectivity index (χ1) is 12.4. The van der Waals surface area contributed by atoms with E-state index in [0.717, 1.165) is 49.3 Å². The van der Waals surface area contributed by atoms with Gasteiger partial charge in [-0.2, -0.15) is 0 Å². The van der Waals surface area contributed by atoms with Crippen molar-refractivity contribution in [2.24, 2.45) is 10.8 Å². The summed E-state index contributed by atoms with van der Waals surface area (Å²) in [5.74, 6) is 1.17. The lowest BCUT2D eigenvalue weighted by Crippen LogP contribution is -2.49. The zero-order valence-electron chi connectivity index (χ0n) is 15.5. The van der Waals surface area contributed by atoms with Crippen LogP contribution in [0.4, 0.5) is 0 Å². The third kappa shape index (κ3) is 3.08. The lowest BCUT2D eigenvalue weighted by atomic mass is 9.76. The molecule has 138 valence electrons. The first kappa shape index (κ1) is 17.1. The number of carbonyl (C=O) groups excluding carboxylic acids is 2. The van der Waals surface area contributed by atoms with E-state index in [0.29, 0.717) is 12.8 Å². The number of amides is 2. The zero-order chi connectivity index (χ0) is 18.4. The normalized spacial score (nSPS) is 19.9. The summed E-state index contributed by atoms with van der Waals surface area (Å²) in [6.45, 7) is 6.21. The molecular weight excluding hydrogens is 328 g/mol. The van der Waals surface area contributed by atoms with Gasteiger partial charge in [0.15, 0.2) is 0 Å². The molecule has 1 aromatic heterocycles. The van der Waals surface area contributed by atoms with Crippen LogP contribution in [0.15, 0.2) is 24.3 Å². The maximum Gasteiger partial charge on any atom is 0.228 e. The third-order valence-electron chi connectivity index (χ3n) is 5.93. The number of nitrogens with zero attached hydrogens (tertiary/aromatic N) is 2. The molecule has 2 saturated heterocycles. The van der Waals surface area contributed by atoms with Crippen molar-refractivity contribution in [3.63, 3.8) is 0 Å². The smallest absolute Gasteiger partial charge is 0.228 e. The van der Waals surface area contributed by atoms with Gasteiger partial charge >= 0.3 is 0 Å². The van der Waals surface area contributed by atoms with Gasteiger partial charge in [0.2, 0.25) is 11.8 Å². The third-order valence-corrected chi connectivity index (χ3v) is 5.93. The van der Waals surface area contributed by atoms with E-state index < -0.39 is 5.41 Å². The number of hydrogen-bond donors (Lipinski definition) is 2. The first-order valence-corrected chi connectivity index (χ1v) is 9.37. The number of rotatable bonds is 3. The fourth-order valence-electron chi connectivity index (χ4n) is 4.30. The number of likely N-dealkylation sites (tertiary alicyclic amines) is 1. The van der Waals surface area contributed by atoms with E-state index in [1.807, 2.05) is 43.0 Å². The summed E-state index contributed by atoms with van der Waals surface area (Å²) < 4.78 is 0. The second kappa shape index (κ2) is 6.11. The predicted octanol–water partition coefficient (Wildman–Crippen LogP) is 2.26. The molecule has 2 amide bonds. The summed E-state index contributed by atoms with van der Waals surface area (Å²) in [6, 6.07) is 7.93. The summed E-state index contributed by atoms with van der Waals surface area (Å²) in [5.41, 5.74) is 1.49. The molecule has 0 atom stereocenters. The quantitative estimate of drug-likeness (QED) is 0.887. The molecular formula is C20H26N4O2. The van der Waals surface area contributed by atoms with Gasteiger partial charge in [-0.3, -0.25) is 9.59 Å². The minimum Gasteiger partial charge on any atom is -0.356 e. The highest BCUT2D eigenvalue weighted by Gasteiger charge is 2.43. The maximum atomic E-state index is 13.1. The SMILES string of the molecule is CC(C)(Cc1nc2ccccc2[nH]1)C(=O)N1CCC2(CC1)CNC(=O)C2. The Morgan fingerprint density at radius 3 is 2.65 bits per heavy atom. The molecule has 2 aliphatic rings. The molecule has 0 saturated carbocycles. The van der Waals surface area contributed by atoms with Gasteiger partial charge in [-0.1, -0.05) is 26.0 Å². The molecule has 2 aromatic rings. The molecule has 0 radical (unpaired) electrons. The van der Waals surface area contributed by atoms with E-state index in [4.69, 9.17) is 0 Å². The summed E-state index contributed by atoms with van der Waals surface area (Å²) in [4.78, 5) is 34.6. The van der Waals surface area contributed by atoms with Crippen LogP contribution in [0.1, 0.15) is 38.9 Å². The van der Waals surface area contributed by atoms with Crippen LogP contribution in [0.25, 0.3) is 11.0 Å². The van der Waals surface area contributed by atoms with Crippen molar-refractivity contribution < 1.29 is 9.59 Å². The second-order valence-electron chi connectivity index (χ2n) is 8.51. The molecule has 1 spiro atoms. The Morgan fingerprint density at radius 1 is 1.27 bits per heavy atom. The van der Waals surface area contributed by atoms with Crippen LogP contribution in [-0.4, -0.2) is 46.3 Å². The number of imidazole rings is 1. The van der Waals surface area contributed by atoms with Gasteiger partial charge in [0.05, 0.1) is 16.4 Å². The second-order valence-corrected chi connectivity index (χ2v) is 8.51. The Labute approximate surface area is 153 Å². The minimum atomic E-state index is -0.512. The lowest BCUT2D eigenvalue weighted by Gasteiger charge is -2.41. The molecule has 2 fully saturated rings. The first-order valence-electron chi connectivity index (χ1n) is 9.37. The fourth-order valence-corrected chi connectivity index (χ4v) is 4.30. The lowest BCUT2D eigenvalue weighted by molar-refractivity contribution is -0.142. The molecule has 2 N–H and O–H groups in total. The Balaban J connectivity index is 1.42. The minimum absolute atomic E-state index is 0.0662. The molecule has 0 bridgehead atoms. The number of piperidine rings is 1. The van der Waals surface area contributed by atoms with Gasteiger partial charge in [0.25, 0.3) is 0 Å². The predicted molar refractivity (Wildman–Crippen MR) is 99.5 cm³/mol. The molecule has 3 heterocycles. The number of H-pyrrole nitrogens is 1. The standard InChI is InChI=1S/C20H26N4O2/c1-19(2,11-16-22-14-5-3-4-6-15(14)23-16)18(26)24-9-7-20(8-10-24)12-17(25)21-13-20/h3-6H,7-13H2,1-2H3,(H,21,25)(H,22,23). The van der Waals surface area contributed by atoms with E-state index >= 15 is 0 Å². The number of aromatic nitrogens is 2. The Kier molecular flexibility index (Phi) is 4.01. The van der Waals surface area contributed by atoms with Crippen LogP contribution in [-0.2, 0) is 16.0 Å². The number of carbonyl (C=O) groups is 2. The monoisotopic (exact) mass is 354 g/mol. The number of benzene rings is 1. The highest BCUT2D eigenvalue weighted by atomic mass is 16.2. The van der Waals surface area contributed by atoms with Crippen molar-refractivity contribution in [2.75, 3.05) is 19.6 Å². The van der Waals surface area contributed by atoms with E-state index in [1.165, 1.54) is 0 Å². The molecule has 0 unspecified atom stereocenters.